The monoisotopic (exact) mass is 508 g/mol. The van der Waals surface area contributed by atoms with Gasteiger partial charge in [0.1, 0.15) is 42.1 Å². The lowest BCUT2D eigenvalue weighted by Gasteiger charge is -2.11. The molecular weight excluding hydrogens is 487 g/mol. The fourth-order valence-electron chi connectivity index (χ4n) is 2.97. The van der Waals surface area contributed by atoms with Crippen LogP contribution in [0.3, 0.4) is 0 Å². The molecule has 0 fully saturated rings. The molecule has 0 aromatic heterocycles. The molecule has 0 atom stereocenters. The minimum absolute atomic E-state index is 0.0867. The second-order valence-corrected chi connectivity index (χ2v) is 8.02. The third kappa shape index (κ3) is 7.28. The third-order valence-corrected chi connectivity index (χ3v) is 5.35. The predicted octanol–water partition coefficient (Wildman–Crippen LogP) is 6.69. The SMILES string of the molecule is C=CCOc1cc(OC)ccc1/C=C(\C#N)C(=O)Nc1ccc(OCc2ccc(Cl)cc2Cl)cc1. The number of nitrogens with zero attached hydrogens (tertiary/aromatic N) is 1. The normalized spacial score (nSPS) is 10.7. The first-order chi connectivity index (χ1) is 16.9. The van der Waals surface area contributed by atoms with E-state index in [-0.39, 0.29) is 18.8 Å². The highest BCUT2D eigenvalue weighted by atomic mass is 35.5. The largest absolute Gasteiger partial charge is 0.497 e. The van der Waals surface area contributed by atoms with Crippen LogP contribution < -0.4 is 19.5 Å². The smallest absolute Gasteiger partial charge is 0.266 e. The summed E-state index contributed by atoms with van der Waals surface area (Å²) in [5, 5.41) is 13.4. The number of carbonyl (C=O) groups excluding carboxylic acids is 1. The van der Waals surface area contributed by atoms with Crippen molar-refractivity contribution in [2.24, 2.45) is 0 Å². The van der Waals surface area contributed by atoms with Gasteiger partial charge in [-0.2, -0.15) is 5.26 Å². The van der Waals surface area contributed by atoms with Crippen molar-refractivity contribution in [1.29, 1.82) is 5.26 Å². The Hall–Kier alpha value is -3.92. The molecule has 0 aliphatic carbocycles. The lowest BCUT2D eigenvalue weighted by atomic mass is 10.1. The van der Waals surface area contributed by atoms with Crippen LogP contribution in [-0.4, -0.2) is 19.6 Å². The first kappa shape index (κ1) is 25.7. The highest BCUT2D eigenvalue weighted by Crippen LogP contribution is 2.28. The van der Waals surface area contributed by atoms with E-state index in [1.165, 1.54) is 6.08 Å². The van der Waals surface area contributed by atoms with E-state index in [4.69, 9.17) is 37.4 Å². The van der Waals surface area contributed by atoms with Gasteiger partial charge >= 0.3 is 0 Å². The highest BCUT2D eigenvalue weighted by Gasteiger charge is 2.12. The predicted molar refractivity (Wildman–Crippen MR) is 138 cm³/mol. The summed E-state index contributed by atoms with van der Waals surface area (Å²) in [6.07, 6.45) is 3.06. The van der Waals surface area contributed by atoms with Crippen molar-refractivity contribution in [2.75, 3.05) is 19.0 Å². The summed E-state index contributed by atoms with van der Waals surface area (Å²) >= 11 is 12.1. The number of benzene rings is 3. The van der Waals surface area contributed by atoms with Crippen LogP contribution in [0.15, 0.2) is 78.9 Å². The van der Waals surface area contributed by atoms with Gasteiger partial charge in [0.2, 0.25) is 0 Å². The van der Waals surface area contributed by atoms with E-state index in [2.05, 4.69) is 11.9 Å². The summed E-state index contributed by atoms with van der Waals surface area (Å²) in [7, 11) is 1.54. The first-order valence-electron chi connectivity index (χ1n) is 10.4. The van der Waals surface area contributed by atoms with E-state index in [9.17, 15) is 10.1 Å². The molecule has 0 saturated heterocycles. The zero-order valence-corrected chi connectivity index (χ0v) is 20.4. The van der Waals surface area contributed by atoms with E-state index in [1.807, 2.05) is 6.07 Å². The number of nitrogens with one attached hydrogen (secondary N) is 1. The van der Waals surface area contributed by atoms with Crippen LogP contribution in [0.2, 0.25) is 10.0 Å². The zero-order chi connectivity index (χ0) is 25.2. The Morgan fingerprint density at radius 1 is 1.06 bits per heavy atom. The van der Waals surface area contributed by atoms with E-state index < -0.39 is 5.91 Å². The van der Waals surface area contributed by atoms with Crippen molar-refractivity contribution < 1.29 is 19.0 Å². The maximum absolute atomic E-state index is 12.7. The van der Waals surface area contributed by atoms with E-state index in [0.29, 0.717) is 38.5 Å². The van der Waals surface area contributed by atoms with Gasteiger partial charge in [-0.1, -0.05) is 41.9 Å². The fraction of sp³-hybridized carbons (Fsp3) is 0.111. The number of halogens is 2. The molecule has 0 bridgehead atoms. The summed E-state index contributed by atoms with van der Waals surface area (Å²) in [5.74, 6) is 1.09. The number of carbonyl (C=O) groups is 1. The molecule has 6 nitrogen and oxygen atoms in total. The summed E-state index contributed by atoms with van der Waals surface area (Å²) in [6, 6.07) is 19.0. The number of methoxy groups -OCH3 is 1. The fourth-order valence-corrected chi connectivity index (χ4v) is 3.43. The zero-order valence-electron chi connectivity index (χ0n) is 18.9. The maximum atomic E-state index is 12.7. The molecule has 3 rings (SSSR count). The summed E-state index contributed by atoms with van der Waals surface area (Å²) < 4.78 is 16.6. The van der Waals surface area contributed by atoms with Crippen LogP contribution in [0.4, 0.5) is 5.69 Å². The molecule has 0 heterocycles. The topological polar surface area (TPSA) is 80.6 Å². The van der Waals surface area contributed by atoms with Gasteiger partial charge in [-0.3, -0.25) is 4.79 Å². The molecule has 0 radical (unpaired) electrons. The second kappa shape index (κ2) is 12.5. The molecule has 1 amide bonds. The standard InChI is InChI=1S/C27H22Cl2N2O4/c1-3-12-34-26-15-24(33-2)9-5-18(26)13-20(16-30)27(32)31-22-7-10-23(11-8-22)35-17-19-4-6-21(28)14-25(19)29/h3-11,13-15H,1,12,17H2,2H3,(H,31,32)/b20-13+. The number of anilines is 1. The third-order valence-electron chi connectivity index (χ3n) is 4.76. The molecule has 8 heteroatoms. The average Bonchev–Trinajstić information content (AvgIpc) is 2.86. The molecule has 3 aromatic rings. The van der Waals surface area contributed by atoms with Crippen LogP contribution in [0.5, 0.6) is 17.2 Å². The number of hydrogen-bond acceptors (Lipinski definition) is 5. The van der Waals surface area contributed by atoms with Crippen LogP contribution in [0.25, 0.3) is 6.08 Å². The molecule has 0 aliphatic heterocycles. The number of amides is 1. The minimum atomic E-state index is -0.556. The number of ether oxygens (including phenoxy) is 3. The van der Waals surface area contributed by atoms with Gasteiger partial charge in [0.15, 0.2) is 0 Å². The van der Waals surface area contributed by atoms with Gasteiger partial charge in [-0.05, 0) is 54.6 Å². The Bertz CT molecular complexity index is 1280. The van der Waals surface area contributed by atoms with Crippen molar-refractivity contribution in [3.05, 3.63) is 100 Å². The lowest BCUT2D eigenvalue weighted by Crippen LogP contribution is -2.13. The Labute approximate surface area is 214 Å². The van der Waals surface area contributed by atoms with Gasteiger partial charge in [0, 0.05) is 32.9 Å². The summed E-state index contributed by atoms with van der Waals surface area (Å²) in [5.41, 5.74) is 1.78. The van der Waals surface area contributed by atoms with Gasteiger partial charge in [-0.15, -0.1) is 0 Å². The van der Waals surface area contributed by atoms with Crippen LogP contribution >= 0.6 is 23.2 Å². The highest BCUT2D eigenvalue weighted by molar-refractivity contribution is 6.35. The number of hydrogen-bond donors (Lipinski definition) is 1. The van der Waals surface area contributed by atoms with Gasteiger partial charge in [-0.25, -0.2) is 0 Å². The molecule has 3 aromatic carbocycles. The van der Waals surface area contributed by atoms with E-state index >= 15 is 0 Å². The van der Waals surface area contributed by atoms with Crippen LogP contribution in [-0.2, 0) is 11.4 Å². The van der Waals surface area contributed by atoms with Gasteiger partial charge in [0.05, 0.1) is 7.11 Å². The minimum Gasteiger partial charge on any atom is -0.497 e. The summed E-state index contributed by atoms with van der Waals surface area (Å²) in [6.45, 7) is 4.16. The number of nitriles is 1. The van der Waals surface area contributed by atoms with E-state index in [0.717, 1.165) is 5.56 Å². The second-order valence-electron chi connectivity index (χ2n) is 7.18. The van der Waals surface area contributed by atoms with Crippen LogP contribution in [0, 0.1) is 11.3 Å². The van der Waals surface area contributed by atoms with Gasteiger partial charge < -0.3 is 19.5 Å². The molecule has 0 unspecified atom stereocenters. The van der Waals surface area contributed by atoms with Crippen molar-refractivity contribution >= 4 is 40.9 Å². The maximum Gasteiger partial charge on any atom is 0.266 e. The Morgan fingerprint density at radius 3 is 2.46 bits per heavy atom. The van der Waals surface area contributed by atoms with Crippen molar-refractivity contribution in [2.45, 2.75) is 6.61 Å². The molecule has 35 heavy (non-hydrogen) atoms. The molecule has 0 aliphatic rings. The molecule has 178 valence electrons. The Morgan fingerprint density at radius 2 is 1.80 bits per heavy atom. The molecular formula is C27H22Cl2N2O4. The van der Waals surface area contributed by atoms with Crippen molar-refractivity contribution in [3.8, 4) is 23.3 Å². The van der Waals surface area contributed by atoms with Gasteiger partial charge in [0.25, 0.3) is 5.91 Å². The Kier molecular flexibility index (Phi) is 9.19. The van der Waals surface area contributed by atoms with Crippen molar-refractivity contribution in [1.82, 2.24) is 0 Å². The first-order valence-corrected chi connectivity index (χ1v) is 11.2. The van der Waals surface area contributed by atoms with E-state index in [1.54, 1.807) is 73.8 Å². The lowest BCUT2D eigenvalue weighted by molar-refractivity contribution is -0.112. The quantitative estimate of drug-likeness (QED) is 0.187. The van der Waals surface area contributed by atoms with Crippen molar-refractivity contribution in [3.63, 3.8) is 0 Å². The molecule has 0 spiro atoms. The summed E-state index contributed by atoms with van der Waals surface area (Å²) in [4.78, 5) is 12.7. The molecule has 1 N–H and O–H groups in total. The average molecular weight is 509 g/mol. The van der Waals surface area contributed by atoms with Crippen LogP contribution in [0.1, 0.15) is 11.1 Å². The number of rotatable bonds is 10. The molecule has 0 saturated carbocycles. The Balaban J connectivity index is 1.68.